The van der Waals surface area contributed by atoms with Gasteiger partial charge in [-0.25, -0.2) is 0 Å². The van der Waals surface area contributed by atoms with E-state index in [-0.39, 0.29) is 5.91 Å². The van der Waals surface area contributed by atoms with E-state index >= 15 is 0 Å². The zero-order valence-corrected chi connectivity index (χ0v) is 14.8. The fraction of sp³-hybridized carbons (Fsp3) is 0.316. The van der Waals surface area contributed by atoms with Gasteiger partial charge in [0.25, 0.3) is 0 Å². The summed E-state index contributed by atoms with van der Waals surface area (Å²) >= 11 is 1.61. The van der Waals surface area contributed by atoms with Crippen molar-refractivity contribution in [1.82, 2.24) is 14.8 Å². The van der Waals surface area contributed by atoms with Crippen LogP contribution >= 0.6 is 11.3 Å². The quantitative estimate of drug-likeness (QED) is 0.774. The first-order valence-corrected chi connectivity index (χ1v) is 9.57. The van der Waals surface area contributed by atoms with E-state index in [9.17, 15) is 4.79 Å². The Morgan fingerprint density at radius 3 is 2.80 bits per heavy atom. The van der Waals surface area contributed by atoms with Gasteiger partial charge in [0.2, 0.25) is 5.91 Å². The third-order valence-corrected chi connectivity index (χ3v) is 5.21. The summed E-state index contributed by atoms with van der Waals surface area (Å²) in [6.07, 6.45) is 5.02. The summed E-state index contributed by atoms with van der Waals surface area (Å²) in [5.41, 5.74) is 2.89. The molecule has 1 amide bonds. The molecule has 0 fully saturated rings. The van der Waals surface area contributed by atoms with Crippen LogP contribution in [0.25, 0.3) is 11.4 Å². The van der Waals surface area contributed by atoms with Gasteiger partial charge in [0.15, 0.2) is 5.82 Å². The molecule has 2 aromatic heterocycles. The average Bonchev–Trinajstić information content (AvgIpc) is 3.20. The lowest BCUT2D eigenvalue weighted by molar-refractivity contribution is -0.115. The molecule has 0 spiro atoms. The van der Waals surface area contributed by atoms with Crippen LogP contribution in [0.2, 0.25) is 0 Å². The minimum Gasteiger partial charge on any atom is -0.326 e. The van der Waals surface area contributed by atoms with Gasteiger partial charge in [0.05, 0.1) is 6.42 Å². The third-order valence-electron chi connectivity index (χ3n) is 4.48. The largest absolute Gasteiger partial charge is 0.326 e. The fourth-order valence-corrected chi connectivity index (χ4v) is 3.85. The molecule has 6 heteroatoms. The smallest absolute Gasteiger partial charge is 0.228 e. The summed E-state index contributed by atoms with van der Waals surface area (Å²) in [5, 5.41) is 15.7. The molecule has 0 bridgehead atoms. The molecule has 0 saturated heterocycles. The number of nitrogens with one attached hydrogen (secondary N) is 1. The molecule has 5 nitrogen and oxygen atoms in total. The second-order valence-corrected chi connectivity index (χ2v) is 7.12. The molecule has 1 aliphatic rings. The summed E-state index contributed by atoms with van der Waals surface area (Å²) in [4.78, 5) is 12.1. The number of anilines is 1. The maximum atomic E-state index is 12.1. The van der Waals surface area contributed by atoms with E-state index < -0.39 is 0 Å². The Morgan fingerprint density at radius 1 is 1.12 bits per heavy atom. The first kappa shape index (κ1) is 16.0. The molecule has 0 unspecified atom stereocenters. The molecule has 1 aliphatic heterocycles. The number of rotatable bonds is 4. The predicted molar refractivity (Wildman–Crippen MR) is 99.7 cm³/mol. The number of aryl methyl sites for hydroxylation is 1. The number of thiophene rings is 1. The highest BCUT2D eigenvalue weighted by molar-refractivity contribution is 7.08. The number of carbonyl (C=O) groups excluding carboxylic acids is 1. The Kier molecular flexibility index (Phi) is 4.61. The molecule has 128 valence electrons. The second-order valence-electron chi connectivity index (χ2n) is 6.34. The van der Waals surface area contributed by atoms with Crippen LogP contribution in [0.15, 0.2) is 41.1 Å². The number of benzene rings is 1. The van der Waals surface area contributed by atoms with Gasteiger partial charge in [-0.1, -0.05) is 6.42 Å². The standard InChI is InChI=1S/C19H20N4OS/c24-18(12-14-9-11-25-13-14)20-16-7-5-15(6-8-16)19-22-21-17-4-2-1-3-10-23(17)19/h5-9,11,13H,1-4,10,12H2,(H,20,24). The number of fused-ring (bicyclic) bond motifs is 1. The van der Waals surface area contributed by atoms with Crippen LogP contribution in [0, 0.1) is 0 Å². The van der Waals surface area contributed by atoms with E-state index in [1.54, 1.807) is 11.3 Å². The van der Waals surface area contributed by atoms with Crippen LogP contribution in [0.4, 0.5) is 5.69 Å². The first-order chi connectivity index (χ1) is 12.3. The number of carbonyl (C=O) groups is 1. The zero-order chi connectivity index (χ0) is 17.1. The van der Waals surface area contributed by atoms with E-state index in [0.29, 0.717) is 6.42 Å². The van der Waals surface area contributed by atoms with Crippen LogP contribution in [0.3, 0.4) is 0 Å². The molecule has 0 radical (unpaired) electrons. The van der Waals surface area contributed by atoms with E-state index in [4.69, 9.17) is 0 Å². The molecular formula is C19H20N4OS. The molecule has 0 atom stereocenters. The summed E-state index contributed by atoms with van der Waals surface area (Å²) in [6.45, 7) is 0.983. The molecule has 0 saturated carbocycles. The highest BCUT2D eigenvalue weighted by atomic mass is 32.1. The minimum atomic E-state index is 0.00231. The third kappa shape index (κ3) is 3.64. The van der Waals surface area contributed by atoms with Crippen molar-refractivity contribution in [1.29, 1.82) is 0 Å². The van der Waals surface area contributed by atoms with Gasteiger partial charge in [-0.2, -0.15) is 11.3 Å². The van der Waals surface area contributed by atoms with Crippen molar-refractivity contribution in [2.75, 3.05) is 5.32 Å². The van der Waals surface area contributed by atoms with Crippen molar-refractivity contribution in [3.8, 4) is 11.4 Å². The molecule has 1 aromatic carbocycles. The highest BCUT2D eigenvalue weighted by Crippen LogP contribution is 2.24. The van der Waals surface area contributed by atoms with Crippen LogP contribution in [0.5, 0.6) is 0 Å². The number of hydrogen-bond donors (Lipinski definition) is 1. The number of aromatic nitrogens is 3. The molecule has 0 aliphatic carbocycles. The van der Waals surface area contributed by atoms with Gasteiger partial charge in [-0.05, 0) is 59.5 Å². The van der Waals surface area contributed by atoms with Crippen molar-refractivity contribution in [3.05, 3.63) is 52.5 Å². The van der Waals surface area contributed by atoms with Crippen LogP contribution < -0.4 is 5.32 Å². The summed E-state index contributed by atoms with van der Waals surface area (Å²) in [5.74, 6) is 2.01. The number of nitrogens with zero attached hydrogens (tertiary/aromatic N) is 3. The van der Waals surface area contributed by atoms with E-state index in [1.807, 2.05) is 41.1 Å². The lowest BCUT2D eigenvalue weighted by atomic mass is 10.2. The van der Waals surface area contributed by atoms with E-state index in [0.717, 1.165) is 41.4 Å². The van der Waals surface area contributed by atoms with Crippen LogP contribution in [-0.2, 0) is 24.2 Å². The van der Waals surface area contributed by atoms with Crippen LogP contribution in [-0.4, -0.2) is 20.7 Å². The minimum absolute atomic E-state index is 0.00231. The molecule has 3 heterocycles. The second kappa shape index (κ2) is 7.19. The average molecular weight is 352 g/mol. The van der Waals surface area contributed by atoms with Gasteiger partial charge >= 0.3 is 0 Å². The Labute approximate surface area is 150 Å². The fourth-order valence-electron chi connectivity index (χ4n) is 3.19. The molecule has 3 aromatic rings. The van der Waals surface area contributed by atoms with Crippen LogP contribution in [0.1, 0.15) is 30.7 Å². The maximum absolute atomic E-state index is 12.1. The maximum Gasteiger partial charge on any atom is 0.228 e. The highest BCUT2D eigenvalue weighted by Gasteiger charge is 2.16. The Balaban J connectivity index is 1.47. The van der Waals surface area contributed by atoms with E-state index in [2.05, 4.69) is 20.1 Å². The van der Waals surface area contributed by atoms with Crippen molar-refractivity contribution in [3.63, 3.8) is 0 Å². The lowest BCUT2D eigenvalue weighted by Crippen LogP contribution is -2.13. The first-order valence-electron chi connectivity index (χ1n) is 8.63. The number of amides is 1. The lowest BCUT2D eigenvalue weighted by Gasteiger charge is -2.08. The molecule has 25 heavy (non-hydrogen) atoms. The monoisotopic (exact) mass is 352 g/mol. The van der Waals surface area contributed by atoms with Gasteiger partial charge in [-0.3, -0.25) is 4.79 Å². The SMILES string of the molecule is O=C(Cc1ccsc1)Nc1ccc(-c2nnc3n2CCCCC3)cc1. The Morgan fingerprint density at radius 2 is 2.00 bits per heavy atom. The van der Waals surface area contributed by atoms with Gasteiger partial charge in [0.1, 0.15) is 5.82 Å². The topological polar surface area (TPSA) is 59.8 Å². The van der Waals surface area contributed by atoms with E-state index in [1.165, 1.54) is 19.3 Å². The van der Waals surface area contributed by atoms with Crippen molar-refractivity contribution >= 4 is 22.9 Å². The molecule has 1 N–H and O–H groups in total. The number of hydrogen-bond acceptors (Lipinski definition) is 4. The van der Waals surface area contributed by atoms with Crippen molar-refractivity contribution in [2.24, 2.45) is 0 Å². The van der Waals surface area contributed by atoms with Gasteiger partial charge < -0.3 is 9.88 Å². The Hall–Kier alpha value is -2.47. The van der Waals surface area contributed by atoms with Gasteiger partial charge in [0, 0.05) is 24.2 Å². The van der Waals surface area contributed by atoms with Crippen molar-refractivity contribution in [2.45, 2.75) is 38.6 Å². The normalized spacial score (nSPS) is 13.9. The summed E-state index contributed by atoms with van der Waals surface area (Å²) in [7, 11) is 0. The van der Waals surface area contributed by atoms with Gasteiger partial charge in [-0.15, -0.1) is 10.2 Å². The summed E-state index contributed by atoms with van der Waals surface area (Å²) < 4.78 is 2.23. The summed E-state index contributed by atoms with van der Waals surface area (Å²) in [6, 6.07) is 9.84. The molecule has 4 rings (SSSR count). The molecular weight excluding hydrogens is 332 g/mol. The Bertz CT molecular complexity index is 852. The zero-order valence-electron chi connectivity index (χ0n) is 13.9. The predicted octanol–water partition coefficient (Wildman–Crippen LogP) is 3.91. The van der Waals surface area contributed by atoms with Crippen molar-refractivity contribution < 1.29 is 4.79 Å².